The van der Waals surface area contributed by atoms with E-state index >= 15 is 0 Å². The molecule has 0 fully saturated rings. The molecule has 1 amide bonds. The second-order valence-corrected chi connectivity index (χ2v) is 5.62. The molecule has 19 heavy (non-hydrogen) atoms. The van der Waals surface area contributed by atoms with Gasteiger partial charge in [0.05, 0.1) is 16.2 Å². The molecule has 2 aromatic rings. The molecule has 1 aromatic heterocycles. The van der Waals surface area contributed by atoms with Crippen LogP contribution < -0.4 is 11.1 Å². The summed E-state index contributed by atoms with van der Waals surface area (Å²) in [6.45, 7) is 3.62. The Morgan fingerprint density at radius 1 is 1.42 bits per heavy atom. The molecule has 0 unspecified atom stereocenters. The highest BCUT2D eigenvalue weighted by molar-refractivity contribution is 6.35. The molecular formula is C14H16ClN3O. The maximum atomic E-state index is 11.9. The van der Waals surface area contributed by atoms with Crippen LogP contribution in [0.15, 0.2) is 30.5 Å². The quantitative estimate of drug-likeness (QED) is 0.906. The van der Waals surface area contributed by atoms with Crippen molar-refractivity contribution in [1.82, 2.24) is 4.98 Å². The van der Waals surface area contributed by atoms with Crippen molar-refractivity contribution in [3.63, 3.8) is 0 Å². The van der Waals surface area contributed by atoms with E-state index in [0.717, 1.165) is 5.39 Å². The Labute approximate surface area is 117 Å². The van der Waals surface area contributed by atoms with Crippen LogP contribution in [0.5, 0.6) is 0 Å². The van der Waals surface area contributed by atoms with Gasteiger partial charge in [0.1, 0.15) is 0 Å². The molecule has 3 N–H and O–H groups in total. The van der Waals surface area contributed by atoms with Gasteiger partial charge in [-0.3, -0.25) is 9.78 Å². The van der Waals surface area contributed by atoms with Crippen LogP contribution in [-0.2, 0) is 4.79 Å². The number of nitrogens with zero attached hydrogens (tertiary/aromatic N) is 1. The molecule has 0 bridgehead atoms. The van der Waals surface area contributed by atoms with Gasteiger partial charge in [0, 0.05) is 23.5 Å². The van der Waals surface area contributed by atoms with Gasteiger partial charge in [-0.1, -0.05) is 11.6 Å². The molecule has 0 spiro atoms. The van der Waals surface area contributed by atoms with Crippen LogP contribution in [0.3, 0.4) is 0 Å². The topological polar surface area (TPSA) is 68.0 Å². The summed E-state index contributed by atoms with van der Waals surface area (Å²) in [4.78, 5) is 16.2. The average Bonchev–Trinajstić information content (AvgIpc) is 2.31. The predicted octanol–water partition coefficient (Wildman–Crippen LogP) is 2.95. The first kappa shape index (κ1) is 13.8. The standard InChI is InChI=1S/C14H16ClN3O/c1-14(2,16)8-12(19)18-11-6-5-10(15)9-4-3-7-17-13(9)11/h3-7H,8,16H2,1-2H3,(H,18,19). The molecule has 1 aromatic carbocycles. The van der Waals surface area contributed by atoms with E-state index in [1.54, 1.807) is 18.3 Å². The number of carbonyl (C=O) groups is 1. The summed E-state index contributed by atoms with van der Waals surface area (Å²) in [6.07, 6.45) is 1.91. The maximum Gasteiger partial charge on any atom is 0.226 e. The molecule has 0 aliphatic heterocycles. The minimum atomic E-state index is -0.542. The second-order valence-electron chi connectivity index (χ2n) is 5.21. The molecule has 0 radical (unpaired) electrons. The summed E-state index contributed by atoms with van der Waals surface area (Å²) in [5.41, 5.74) is 6.61. The van der Waals surface area contributed by atoms with Crippen molar-refractivity contribution >= 4 is 34.1 Å². The van der Waals surface area contributed by atoms with Crippen molar-refractivity contribution in [1.29, 1.82) is 0 Å². The van der Waals surface area contributed by atoms with Gasteiger partial charge in [-0.15, -0.1) is 0 Å². The Morgan fingerprint density at radius 2 is 2.16 bits per heavy atom. The lowest BCUT2D eigenvalue weighted by Gasteiger charge is -2.18. The van der Waals surface area contributed by atoms with E-state index in [4.69, 9.17) is 17.3 Å². The van der Waals surface area contributed by atoms with Crippen LogP contribution >= 0.6 is 11.6 Å². The molecular weight excluding hydrogens is 262 g/mol. The van der Waals surface area contributed by atoms with E-state index in [1.807, 2.05) is 26.0 Å². The Morgan fingerprint density at radius 3 is 2.84 bits per heavy atom. The number of halogens is 1. The Balaban J connectivity index is 2.31. The second kappa shape index (κ2) is 5.15. The van der Waals surface area contributed by atoms with Gasteiger partial charge in [0.2, 0.25) is 5.91 Å². The number of rotatable bonds is 3. The molecule has 0 aliphatic carbocycles. The first-order valence-corrected chi connectivity index (χ1v) is 6.36. The number of hydrogen-bond donors (Lipinski definition) is 2. The van der Waals surface area contributed by atoms with Crippen LogP contribution in [-0.4, -0.2) is 16.4 Å². The van der Waals surface area contributed by atoms with Crippen LogP contribution in [0.2, 0.25) is 5.02 Å². The fourth-order valence-corrected chi connectivity index (χ4v) is 2.06. The van der Waals surface area contributed by atoms with Crippen molar-refractivity contribution in [2.75, 3.05) is 5.32 Å². The van der Waals surface area contributed by atoms with E-state index < -0.39 is 5.54 Å². The van der Waals surface area contributed by atoms with E-state index in [9.17, 15) is 4.79 Å². The van der Waals surface area contributed by atoms with Crippen LogP contribution in [0.1, 0.15) is 20.3 Å². The molecule has 0 saturated heterocycles. The van der Waals surface area contributed by atoms with E-state index in [-0.39, 0.29) is 12.3 Å². The lowest BCUT2D eigenvalue weighted by molar-refractivity contribution is -0.117. The van der Waals surface area contributed by atoms with Crippen molar-refractivity contribution < 1.29 is 4.79 Å². The number of nitrogens with one attached hydrogen (secondary N) is 1. The normalized spacial score (nSPS) is 11.6. The number of nitrogens with two attached hydrogens (primary N) is 1. The lowest BCUT2D eigenvalue weighted by Crippen LogP contribution is -2.36. The van der Waals surface area contributed by atoms with E-state index in [0.29, 0.717) is 16.2 Å². The van der Waals surface area contributed by atoms with Crippen molar-refractivity contribution in [2.24, 2.45) is 5.73 Å². The fraction of sp³-hybridized carbons (Fsp3) is 0.286. The lowest BCUT2D eigenvalue weighted by atomic mass is 10.0. The average molecular weight is 278 g/mol. The summed E-state index contributed by atoms with van der Waals surface area (Å²) in [6, 6.07) is 7.17. The molecule has 4 nitrogen and oxygen atoms in total. The van der Waals surface area contributed by atoms with Gasteiger partial charge in [-0.05, 0) is 38.1 Å². The number of fused-ring (bicyclic) bond motifs is 1. The predicted molar refractivity (Wildman–Crippen MR) is 78.3 cm³/mol. The highest BCUT2D eigenvalue weighted by atomic mass is 35.5. The van der Waals surface area contributed by atoms with Crippen LogP contribution in [0.25, 0.3) is 10.9 Å². The number of benzene rings is 1. The molecule has 5 heteroatoms. The SMILES string of the molecule is CC(C)(N)CC(=O)Nc1ccc(Cl)c2cccnc12. The first-order valence-electron chi connectivity index (χ1n) is 5.99. The van der Waals surface area contributed by atoms with Crippen LogP contribution in [0.4, 0.5) is 5.69 Å². The van der Waals surface area contributed by atoms with Gasteiger partial charge in [0.15, 0.2) is 0 Å². The zero-order valence-electron chi connectivity index (χ0n) is 10.9. The number of anilines is 1. The van der Waals surface area contributed by atoms with Gasteiger partial charge < -0.3 is 11.1 Å². The van der Waals surface area contributed by atoms with E-state index in [2.05, 4.69) is 10.3 Å². The fourth-order valence-electron chi connectivity index (χ4n) is 1.85. The van der Waals surface area contributed by atoms with Crippen LogP contribution in [0, 0.1) is 0 Å². The highest BCUT2D eigenvalue weighted by Gasteiger charge is 2.17. The Bertz CT molecular complexity index is 620. The summed E-state index contributed by atoms with van der Waals surface area (Å²) in [7, 11) is 0. The minimum Gasteiger partial charge on any atom is -0.325 e. The van der Waals surface area contributed by atoms with Gasteiger partial charge in [-0.2, -0.15) is 0 Å². The van der Waals surface area contributed by atoms with E-state index in [1.165, 1.54) is 0 Å². The molecule has 2 rings (SSSR count). The zero-order valence-corrected chi connectivity index (χ0v) is 11.7. The smallest absolute Gasteiger partial charge is 0.226 e. The third kappa shape index (κ3) is 3.43. The summed E-state index contributed by atoms with van der Waals surface area (Å²) >= 11 is 6.10. The van der Waals surface area contributed by atoms with Gasteiger partial charge in [-0.25, -0.2) is 0 Å². The molecule has 1 heterocycles. The van der Waals surface area contributed by atoms with Crippen molar-refractivity contribution in [3.05, 3.63) is 35.5 Å². The maximum absolute atomic E-state index is 11.9. The molecule has 0 saturated carbocycles. The summed E-state index contributed by atoms with van der Waals surface area (Å²) in [5.74, 6) is -0.137. The number of pyridine rings is 1. The third-order valence-corrected chi connectivity index (χ3v) is 2.94. The van der Waals surface area contributed by atoms with Crippen molar-refractivity contribution in [3.8, 4) is 0 Å². The summed E-state index contributed by atoms with van der Waals surface area (Å²) < 4.78 is 0. The molecule has 0 atom stereocenters. The number of aromatic nitrogens is 1. The van der Waals surface area contributed by atoms with Gasteiger partial charge in [0.25, 0.3) is 0 Å². The minimum absolute atomic E-state index is 0.137. The Hall–Kier alpha value is -1.65. The summed E-state index contributed by atoms with van der Waals surface area (Å²) in [5, 5.41) is 4.25. The number of carbonyl (C=O) groups excluding carboxylic acids is 1. The first-order chi connectivity index (χ1) is 8.87. The largest absolute Gasteiger partial charge is 0.325 e. The monoisotopic (exact) mass is 277 g/mol. The van der Waals surface area contributed by atoms with Gasteiger partial charge >= 0.3 is 0 Å². The van der Waals surface area contributed by atoms with Crippen molar-refractivity contribution in [2.45, 2.75) is 25.8 Å². The highest BCUT2D eigenvalue weighted by Crippen LogP contribution is 2.28. The number of hydrogen-bond acceptors (Lipinski definition) is 3. The molecule has 0 aliphatic rings. The number of amides is 1. The Kier molecular flexibility index (Phi) is 3.73. The zero-order chi connectivity index (χ0) is 14.0. The molecule has 100 valence electrons. The third-order valence-electron chi connectivity index (χ3n) is 2.61.